The molecule has 4 heteroatoms. The maximum Gasteiger partial charge on any atom is 0.241 e. The first kappa shape index (κ1) is 14.7. The lowest BCUT2D eigenvalue weighted by molar-refractivity contribution is -0.126. The number of rotatable bonds is 4. The Labute approximate surface area is 121 Å². The van der Waals surface area contributed by atoms with Crippen molar-refractivity contribution in [3.63, 3.8) is 0 Å². The van der Waals surface area contributed by atoms with Crippen molar-refractivity contribution < 1.29 is 4.79 Å². The first-order valence-corrected chi connectivity index (χ1v) is 7.46. The smallest absolute Gasteiger partial charge is 0.241 e. The highest BCUT2D eigenvalue weighted by Crippen LogP contribution is 2.27. The zero-order chi connectivity index (χ0) is 14.4. The van der Waals surface area contributed by atoms with Gasteiger partial charge in [0.1, 0.15) is 0 Å². The molecule has 0 aliphatic carbocycles. The summed E-state index contributed by atoms with van der Waals surface area (Å²) in [7, 11) is 3.56. The van der Waals surface area contributed by atoms with E-state index in [1.165, 1.54) is 31.4 Å². The average molecular weight is 275 g/mol. The quantitative estimate of drug-likeness (QED) is 0.917. The SMILES string of the molecule is CN(C)C(=O)CNc1ccccc1N1CCCCCC1. The van der Waals surface area contributed by atoms with Crippen molar-refractivity contribution >= 4 is 17.3 Å². The molecule has 0 saturated carbocycles. The summed E-state index contributed by atoms with van der Waals surface area (Å²) < 4.78 is 0. The highest BCUT2D eigenvalue weighted by molar-refractivity contribution is 5.82. The fourth-order valence-corrected chi connectivity index (χ4v) is 2.54. The van der Waals surface area contributed by atoms with E-state index in [4.69, 9.17) is 0 Å². The monoisotopic (exact) mass is 275 g/mol. The molecule has 1 heterocycles. The van der Waals surface area contributed by atoms with Gasteiger partial charge >= 0.3 is 0 Å². The van der Waals surface area contributed by atoms with E-state index >= 15 is 0 Å². The highest BCUT2D eigenvalue weighted by atomic mass is 16.2. The van der Waals surface area contributed by atoms with Gasteiger partial charge in [-0.25, -0.2) is 0 Å². The maximum atomic E-state index is 11.7. The molecule has 110 valence electrons. The lowest BCUT2D eigenvalue weighted by Gasteiger charge is -2.26. The van der Waals surface area contributed by atoms with Gasteiger partial charge in [-0.15, -0.1) is 0 Å². The molecule has 1 aromatic carbocycles. The van der Waals surface area contributed by atoms with Crippen molar-refractivity contribution in [1.29, 1.82) is 0 Å². The van der Waals surface area contributed by atoms with Crippen LogP contribution in [0.15, 0.2) is 24.3 Å². The predicted molar refractivity (Wildman–Crippen MR) is 84.3 cm³/mol. The minimum atomic E-state index is 0.0932. The van der Waals surface area contributed by atoms with E-state index in [1.54, 1.807) is 19.0 Å². The molecule has 0 atom stereocenters. The Balaban J connectivity index is 2.07. The van der Waals surface area contributed by atoms with Gasteiger partial charge < -0.3 is 15.1 Å². The van der Waals surface area contributed by atoms with Gasteiger partial charge in [0, 0.05) is 27.2 Å². The number of anilines is 2. The van der Waals surface area contributed by atoms with E-state index in [9.17, 15) is 4.79 Å². The fourth-order valence-electron chi connectivity index (χ4n) is 2.54. The van der Waals surface area contributed by atoms with E-state index < -0.39 is 0 Å². The number of hydrogen-bond donors (Lipinski definition) is 1. The number of benzene rings is 1. The van der Waals surface area contributed by atoms with Gasteiger partial charge in [0.2, 0.25) is 5.91 Å². The Morgan fingerprint density at radius 3 is 2.45 bits per heavy atom. The third kappa shape index (κ3) is 3.89. The highest BCUT2D eigenvalue weighted by Gasteiger charge is 2.13. The lowest BCUT2D eigenvalue weighted by atomic mass is 10.2. The van der Waals surface area contributed by atoms with Gasteiger partial charge in [-0.1, -0.05) is 25.0 Å². The molecule has 1 N–H and O–H groups in total. The molecule has 20 heavy (non-hydrogen) atoms. The second kappa shape index (κ2) is 7.17. The van der Waals surface area contributed by atoms with Crippen molar-refractivity contribution in [2.45, 2.75) is 25.7 Å². The third-order valence-electron chi connectivity index (χ3n) is 3.78. The van der Waals surface area contributed by atoms with Crippen molar-refractivity contribution in [2.24, 2.45) is 0 Å². The lowest BCUT2D eigenvalue weighted by Crippen LogP contribution is -2.30. The summed E-state index contributed by atoms with van der Waals surface area (Å²) in [6.07, 6.45) is 5.16. The molecule has 4 nitrogen and oxygen atoms in total. The van der Waals surface area contributed by atoms with E-state index in [-0.39, 0.29) is 5.91 Å². The summed E-state index contributed by atoms with van der Waals surface area (Å²) in [6.45, 7) is 2.57. The van der Waals surface area contributed by atoms with Crippen LogP contribution in [0, 0.1) is 0 Å². The van der Waals surface area contributed by atoms with Gasteiger partial charge in [-0.3, -0.25) is 4.79 Å². The van der Waals surface area contributed by atoms with Gasteiger partial charge in [-0.2, -0.15) is 0 Å². The van der Waals surface area contributed by atoms with E-state index in [2.05, 4.69) is 28.4 Å². The van der Waals surface area contributed by atoms with Crippen LogP contribution in [0.4, 0.5) is 11.4 Å². The van der Waals surface area contributed by atoms with Crippen LogP contribution in [0.2, 0.25) is 0 Å². The Bertz CT molecular complexity index is 437. The molecule has 0 radical (unpaired) electrons. The van der Waals surface area contributed by atoms with Crippen LogP contribution in [0.25, 0.3) is 0 Å². The summed E-state index contributed by atoms with van der Waals surface area (Å²) in [5.74, 6) is 0.0932. The molecule has 1 saturated heterocycles. The fraction of sp³-hybridized carbons (Fsp3) is 0.562. The van der Waals surface area contributed by atoms with E-state index in [0.717, 1.165) is 18.8 Å². The maximum absolute atomic E-state index is 11.7. The topological polar surface area (TPSA) is 35.6 Å². The molecule has 1 aliphatic heterocycles. The zero-order valence-corrected chi connectivity index (χ0v) is 12.6. The van der Waals surface area contributed by atoms with Crippen LogP contribution < -0.4 is 10.2 Å². The summed E-state index contributed by atoms with van der Waals surface area (Å²) in [4.78, 5) is 15.8. The predicted octanol–water partition coefficient (Wildman–Crippen LogP) is 2.57. The first-order chi connectivity index (χ1) is 9.68. The number of likely N-dealkylation sites (N-methyl/N-ethyl adjacent to an activating group) is 1. The molecule has 1 aromatic rings. The molecule has 0 aromatic heterocycles. The largest absolute Gasteiger partial charge is 0.374 e. The molecule has 1 fully saturated rings. The molecule has 0 spiro atoms. The van der Waals surface area contributed by atoms with Crippen LogP contribution >= 0.6 is 0 Å². The summed E-state index contributed by atoms with van der Waals surface area (Å²) in [5, 5.41) is 3.28. The van der Waals surface area contributed by atoms with Crippen molar-refractivity contribution in [3.05, 3.63) is 24.3 Å². The number of carbonyl (C=O) groups is 1. The Kier molecular flexibility index (Phi) is 5.27. The zero-order valence-electron chi connectivity index (χ0n) is 12.6. The summed E-state index contributed by atoms with van der Waals surface area (Å²) in [6, 6.07) is 8.29. The Morgan fingerprint density at radius 2 is 1.80 bits per heavy atom. The van der Waals surface area contributed by atoms with Gasteiger partial charge in [0.15, 0.2) is 0 Å². The second-order valence-corrected chi connectivity index (χ2v) is 5.56. The van der Waals surface area contributed by atoms with Crippen molar-refractivity contribution in [3.8, 4) is 0 Å². The van der Waals surface area contributed by atoms with Crippen molar-refractivity contribution in [1.82, 2.24) is 4.90 Å². The number of amides is 1. The normalized spacial score (nSPS) is 15.6. The minimum absolute atomic E-state index is 0.0932. The number of nitrogens with zero attached hydrogens (tertiary/aromatic N) is 2. The number of carbonyl (C=O) groups excluding carboxylic acids is 1. The standard InChI is InChI=1S/C16H25N3O/c1-18(2)16(20)13-17-14-9-5-6-10-15(14)19-11-7-3-4-8-12-19/h5-6,9-10,17H,3-4,7-8,11-13H2,1-2H3. The second-order valence-electron chi connectivity index (χ2n) is 5.56. The molecule has 1 aliphatic rings. The third-order valence-corrected chi connectivity index (χ3v) is 3.78. The van der Waals surface area contributed by atoms with Crippen LogP contribution in [-0.2, 0) is 4.79 Å². The van der Waals surface area contributed by atoms with Gasteiger partial charge in [0.05, 0.1) is 17.9 Å². The molecular formula is C16H25N3O. The van der Waals surface area contributed by atoms with Gasteiger partial charge in [-0.05, 0) is 25.0 Å². The van der Waals surface area contributed by atoms with Crippen molar-refractivity contribution in [2.75, 3.05) is 43.9 Å². The van der Waals surface area contributed by atoms with Crippen LogP contribution in [-0.4, -0.2) is 44.5 Å². The Hall–Kier alpha value is -1.71. The van der Waals surface area contributed by atoms with Crippen LogP contribution in [0.5, 0.6) is 0 Å². The molecule has 0 unspecified atom stereocenters. The number of hydrogen-bond acceptors (Lipinski definition) is 3. The van der Waals surface area contributed by atoms with Crippen LogP contribution in [0.3, 0.4) is 0 Å². The molecule has 0 bridgehead atoms. The molecule has 2 rings (SSSR count). The first-order valence-electron chi connectivity index (χ1n) is 7.46. The number of para-hydroxylation sites is 2. The Morgan fingerprint density at radius 1 is 1.15 bits per heavy atom. The van der Waals surface area contributed by atoms with E-state index in [0.29, 0.717) is 6.54 Å². The summed E-state index contributed by atoms with van der Waals surface area (Å²) in [5.41, 5.74) is 2.28. The van der Waals surface area contributed by atoms with Gasteiger partial charge in [0.25, 0.3) is 0 Å². The summed E-state index contributed by atoms with van der Waals surface area (Å²) >= 11 is 0. The average Bonchev–Trinajstić information content (AvgIpc) is 2.74. The number of nitrogens with one attached hydrogen (secondary N) is 1. The molecular weight excluding hydrogens is 250 g/mol. The minimum Gasteiger partial charge on any atom is -0.374 e. The van der Waals surface area contributed by atoms with Crippen LogP contribution in [0.1, 0.15) is 25.7 Å². The molecule has 1 amide bonds. The van der Waals surface area contributed by atoms with E-state index in [1.807, 2.05) is 6.07 Å².